The first-order valence-corrected chi connectivity index (χ1v) is 13.3. The van der Waals surface area contributed by atoms with Crippen LogP contribution in [0.3, 0.4) is 0 Å². The summed E-state index contributed by atoms with van der Waals surface area (Å²) in [7, 11) is -3.41. The van der Waals surface area contributed by atoms with E-state index in [0.717, 1.165) is 11.3 Å². The Bertz CT molecular complexity index is 1360. The van der Waals surface area contributed by atoms with Crippen molar-refractivity contribution in [2.45, 2.75) is 25.9 Å². The van der Waals surface area contributed by atoms with Crippen molar-refractivity contribution < 1.29 is 22.7 Å². The molecule has 2 aliphatic rings. The second kappa shape index (κ2) is 9.74. The van der Waals surface area contributed by atoms with Crippen LogP contribution in [-0.4, -0.2) is 76.9 Å². The second-order valence-corrected chi connectivity index (χ2v) is 10.8. The summed E-state index contributed by atoms with van der Waals surface area (Å²) in [5.41, 5.74) is 1.63. The van der Waals surface area contributed by atoms with E-state index >= 15 is 0 Å². The molecule has 0 aliphatic carbocycles. The molecule has 12 nitrogen and oxygen atoms in total. The Kier molecular flexibility index (Phi) is 6.49. The van der Waals surface area contributed by atoms with Gasteiger partial charge in [-0.2, -0.15) is 9.29 Å². The summed E-state index contributed by atoms with van der Waals surface area (Å²) in [6.07, 6.45) is 6.29. The molecule has 13 heteroatoms. The van der Waals surface area contributed by atoms with Crippen molar-refractivity contribution in [1.82, 2.24) is 29.1 Å². The first kappa shape index (κ1) is 24.0. The molecule has 4 heterocycles. The third kappa shape index (κ3) is 5.26. The molecule has 0 spiro atoms. The number of ether oxygens (including phenoxy) is 2. The van der Waals surface area contributed by atoms with Gasteiger partial charge in [-0.3, -0.25) is 9.36 Å². The van der Waals surface area contributed by atoms with Crippen LogP contribution in [0.4, 0.5) is 5.82 Å². The quantitative estimate of drug-likeness (QED) is 0.488. The highest BCUT2D eigenvalue weighted by Crippen LogP contribution is 2.32. The summed E-state index contributed by atoms with van der Waals surface area (Å²) >= 11 is 0. The lowest BCUT2D eigenvalue weighted by atomic mass is 10.1. The summed E-state index contributed by atoms with van der Waals surface area (Å²) < 4.78 is 38.4. The van der Waals surface area contributed by atoms with Crippen LogP contribution in [0.15, 0.2) is 43.0 Å². The first-order valence-electron chi connectivity index (χ1n) is 11.5. The average Bonchev–Trinajstić information content (AvgIpc) is 3.54. The Balaban J connectivity index is 1.34. The Hall–Kier alpha value is -3.71. The van der Waals surface area contributed by atoms with Crippen LogP contribution in [0, 0.1) is 6.92 Å². The van der Waals surface area contributed by atoms with Crippen molar-refractivity contribution >= 4 is 21.7 Å². The standard InChI is InChI=1S/C23H27N7O5S/c1-16-9-21(27-23(26-16)28-6-5-24-14-28)30-8-7-29(36(2,32)33)13-18(30)11-22(31)25-12-17-3-4-19-20(10-17)35-15-34-19/h3-6,9-10,14,18H,7-8,11-13,15H2,1-2H3,(H,25,31). The number of hydrogen-bond donors (Lipinski definition) is 1. The molecular formula is C23H27N7O5S. The fourth-order valence-electron chi connectivity index (χ4n) is 4.32. The minimum absolute atomic E-state index is 0.0973. The maximum atomic E-state index is 13.0. The van der Waals surface area contributed by atoms with Gasteiger partial charge in [0.25, 0.3) is 0 Å². The Morgan fingerprint density at radius 3 is 2.78 bits per heavy atom. The van der Waals surface area contributed by atoms with Gasteiger partial charge in [0, 0.05) is 56.8 Å². The van der Waals surface area contributed by atoms with Gasteiger partial charge in [-0.05, 0) is 24.6 Å². The van der Waals surface area contributed by atoms with Gasteiger partial charge in [-0.1, -0.05) is 6.07 Å². The number of carbonyl (C=O) groups is 1. The molecule has 1 amide bonds. The Labute approximate surface area is 208 Å². The van der Waals surface area contributed by atoms with Crippen molar-refractivity contribution in [3.8, 4) is 17.4 Å². The Morgan fingerprint density at radius 2 is 2.00 bits per heavy atom. The van der Waals surface area contributed by atoms with Gasteiger partial charge >= 0.3 is 0 Å². The lowest BCUT2D eigenvalue weighted by molar-refractivity contribution is -0.121. The molecular weight excluding hydrogens is 486 g/mol. The van der Waals surface area contributed by atoms with Gasteiger partial charge in [-0.15, -0.1) is 0 Å². The zero-order chi connectivity index (χ0) is 25.3. The van der Waals surface area contributed by atoms with Gasteiger partial charge in [0.2, 0.25) is 28.7 Å². The van der Waals surface area contributed by atoms with E-state index in [1.807, 2.05) is 36.1 Å². The molecule has 3 aromatic rings. The van der Waals surface area contributed by atoms with E-state index in [9.17, 15) is 13.2 Å². The number of hydrogen-bond acceptors (Lipinski definition) is 9. The fraction of sp³-hybridized carbons (Fsp3) is 0.391. The zero-order valence-electron chi connectivity index (χ0n) is 20.0. The molecule has 2 aromatic heterocycles. The topological polar surface area (TPSA) is 132 Å². The maximum absolute atomic E-state index is 13.0. The van der Waals surface area contributed by atoms with Crippen LogP contribution in [0.25, 0.3) is 5.95 Å². The van der Waals surface area contributed by atoms with Crippen LogP contribution in [0.2, 0.25) is 0 Å². The number of imidazole rings is 1. The molecule has 1 fully saturated rings. The minimum atomic E-state index is -3.41. The van der Waals surface area contributed by atoms with Crippen LogP contribution < -0.4 is 19.7 Å². The number of fused-ring (bicyclic) bond motifs is 1. The number of benzene rings is 1. The highest BCUT2D eigenvalue weighted by molar-refractivity contribution is 7.88. The smallest absolute Gasteiger partial charge is 0.237 e. The van der Waals surface area contributed by atoms with Gasteiger partial charge in [0.1, 0.15) is 12.1 Å². The van der Waals surface area contributed by atoms with E-state index in [2.05, 4.69) is 20.3 Å². The molecule has 1 aromatic carbocycles. The number of nitrogens with one attached hydrogen (secondary N) is 1. The molecule has 0 radical (unpaired) electrons. The normalized spacial score (nSPS) is 17.8. The number of amides is 1. The van der Waals surface area contributed by atoms with Crippen molar-refractivity contribution in [1.29, 1.82) is 0 Å². The van der Waals surface area contributed by atoms with E-state index in [1.54, 1.807) is 23.3 Å². The first-order chi connectivity index (χ1) is 17.3. The molecule has 1 unspecified atom stereocenters. The molecule has 1 saturated heterocycles. The average molecular weight is 514 g/mol. The van der Waals surface area contributed by atoms with E-state index in [4.69, 9.17) is 9.47 Å². The number of nitrogens with zero attached hydrogens (tertiary/aromatic N) is 6. The van der Waals surface area contributed by atoms with Crippen molar-refractivity contribution in [3.05, 3.63) is 54.2 Å². The Morgan fingerprint density at radius 1 is 1.17 bits per heavy atom. The lowest BCUT2D eigenvalue weighted by Gasteiger charge is -2.41. The van der Waals surface area contributed by atoms with Crippen molar-refractivity contribution in [3.63, 3.8) is 0 Å². The van der Waals surface area contributed by atoms with Crippen molar-refractivity contribution in [2.24, 2.45) is 0 Å². The SMILES string of the molecule is Cc1cc(N2CCN(S(C)(=O)=O)CC2CC(=O)NCc2ccc3c(c2)OCO3)nc(-n2ccnc2)n1. The van der Waals surface area contributed by atoms with E-state index in [1.165, 1.54) is 10.6 Å². The van der Waals surface area contributed by atoms with Crippen molar-refractivity contribution in [2.75, 3.05) is 37.6 Å². The largest absolute Gasteiger partial charge is 0.454 e. The van der Waals surface area contributed by atoms with E-state index < -0.39 is 16.1 Å². The predicted octanol–water partition coefficient (Wildman–Crippen LogP) is 0.856. The fourth-order valence-corrected chi connectivity index (χ4v) is 5.17. The predicted molar refractivity (Wildman–Crippen MR) is 130 cm³/mol. The molecule has 0 saturated carbocycles. The van der Waals surface area contributed by atoms with Gasteiger partial charge in [0.15, 0.2) is 11.5 Å². The highest BCUT2D eigenvalue weighted by atomic mass is 32.2. The summed E-state index contributed by atoms with van der Waals surface area (Å²) in [5, 5.41) is 2.93. The number of rotatable bonds is 7. The van der Waals surface area contributed by atoms with E-state index in [0.29, 0.717) is 42.9 Å². The van der Waals surface area contributed by atoms with Crippen LogP contribution in [0.1, 0.15) is 17.7 Å². The molecule has 190 valence electrons. The number of aromatic nitrogens is 4. The summed E-state index contributed by atoms with van der Waals surface area (Å²) in [5.74, 6) is 2.22. The zero-order valence-corrected chi connectivity index (χ0v) is 20.8. The number of aryl methyl sites for hydroxylation is 1. The lowest BCUT2D eigenvalue weighted by Crippen LogP contribution is -2.56. The van der Waals surface area contributed by atoms with E-state index in [-0.39, 0.29) is 25.7 Å². The number of sulfonamides is 1. The monoisotopic (exact) mass is 513 g/mol. The molecule has 5 rings (SSSR count). The molecule has 2 aliphatic heterocycles. The molecule has 36 heavy (non-hydrogen) atoms. The third-order valence-corrected chi connectivity index (χ3v) is 7.39. The number of anilines is 1. The minimum Gasteiger partial charge on any atom is -0.454 e. The molecule has 1 N–H and O–H groups in total. The van der Waals surface area contributed by atoms with Crippen LogP contribution in [-0.2, 0) is 21.4 Å². The van der Waals surface area contributed by atoms with Crippen LogP contribution >= 0.6 is 0 Å². The van der Waals surface area contributed by atoms with Gasteiger partial charge in [0.05, 0.1) is 12.3 Å². The number of carbonyl (C=O) groups excluding carboxylic acids is 1. The number of piperazine rings is 1. The molecule has 0 bridgehead atoms. The molecule has 1 atom stereocenters. The summed E-state index contributed by atoms with van der Waals surface area (Å²) in [6, 6.07) is 6.95. The van der Waals surface area contributed by atoms with Crippen LogP contribution in [0.5, 0.6) is 11.5 Å². The maximum Gasteiger partial charge on any atom is 0.237 e. The third-order valence-electron chi connectivity index (χ3n) is 6.12. The summed E-state index contributed by atoms with van der Waals surface area (Å²) in [4.78, 5) is 28.2. The highest BCUT2D eigenvalue weighted by Gasteiger charge is 2.34. The second-order valence-electron chi connectivity index (χ2n) is 8.77. The van der Waals surface area contributed by atoms with Gasteiger partial charge < -0.3 is 19.7 Å². The van der Waals surface area contributed by atoms with Gasteiger partial charge in [-0.25, -0.2) is 18.4 Å². The summed E-state index contributed by atoms with van der Waals surface area (Å²) in [6.45, 7) is 3.25.